The zero-order valence-electron chi connectivity index (χ0n) is 7.23. The van der Waals surface area contributed by atoms with E-state index in [1.807, 2.05) is 0 Å². The Hall–Kier alpha value is -0.0400. The van der Waals surface area contributed by atoms with Gasteiger partial charge < -0.3 is 4.74 Å². The number of hydrogen-bond donors (Lipinski definition) is 0. The maximum Gasteiger partial charge on any atom is 0.0491 e. The van der Waals surface area contributed by atoms with Crippen molar-refractivity contribution >= 4 is 0 Å². The zero-order chi connectivity index (χ0) is 7.82. The summed E-state index contributed by atoms with van der Waals surface area (Å²) in [6.07, 6.45) is 3.38. The summed E-state index contributed by atoms with van der Waals surface area (Å²) < 4.78 is 5.39. The smallest absolute Gasteiger partial charge is 0.0491 e. The van der Waals surface area contributed by atoms with E-state index in [1.54, 1.807) is 0 Å². The fourth-order valence-electron chi connectivity index (χ4n) is 0.614. The average molecular weight is 143 g/mol. The Morgan fingerprint density at radius 2 is 2.20 bits per heavy atom. The summed E-state index contributed by atoms with van der Waals surface area (Å²) in [7, 11) is 0. The molecule has 0 aromatic heterocycles. The molecule has 0 amide bonds. The van der Waals surface area contributed by atoms with Gasteiger partial charge in [0.05, 0.1) is 0 Å². The number of hydrogen-bond acceptors (Lipinski definition) is 1. The van der Waals surface area contributed by atoms with Crippen molar-refractivity contribution in [2.24, 2.45) is 5.92 Å². The minimum absolute atomic E-state index is 0.622. The third kappa shape index (κ3) is 6.09. The van der Waals surface area contributed by atoms with Crippen LogP contribution in [0.3, 0.4) is 0 Å². The first-order valence-corrected chi connectivity index (χ1v) is 4.18. The van der Waals surface area contributed by atoms with Crippen LogP contribution < -0.4 is 0 Å². The molecule has 1 atom stereocenters. The molecule has 0 aromatic carbocycles. The van der Waals surface area contributed by atoms with E-state index in [0.717, 1.165) is 19.6 Å². The molecule has 0 N–H and O–H groups in total. The van der Waals surface area contributed by atoms with Crippen LogP contribution in [-0.4, -0.2) is 13.2 Å². The van der Waals surface area contributed by atoms with Gasteiger partial charge in [0.15, 0.2) is 0 Å². The van der Waals surface area contributed by atoms with E-state index in [-0.39, 0.29) is 0 Å². The van der Waals surface area contributed by atoms with Crippen molar-refractivity contribution in [3.05, 3.63) is 6.92 Å². The fourth-order valence-corrected chi connectivity index (χ4v) is 0.614. The summed E-state index contributed by atoms with van der Waals surface area (Å²) in [6.45, 7) is 9.94. The van der Waals surface area contributed by atoms with E-state index in [1.165, 1.54) is 12.8 Å². The number of unbranched alkanes of at least 4 members (excludes halogenated alkanes) is 1. The van der Waals surface area contributed by atoms with E-state index in [9.17, 15) is 0 Å². The van der Waals surface area contributed by atoms with Gasteiger partial charge in [-0.1, -0.05) is 27.2 Å². The van der Waals surface area contributed by atoms with Gasteiger partial charge in [-0.2, -0.15) is 0 Å². The average Bonchev–Trinajstić information content (AvgIpc) is 1.98. The van der Waals surface area contributed by atoms with Gasteiger partial charge >= 0.3 is 0 Å². The molecule has 0 saturated carbocycles. The summed E-state index contributed by atoms with van der Waals surface area (Å²) in [5.74, 6) is 0.622. The molecule has 0 aromatic rings. The van der Waals surface area contributed by atoms with E-state index < -0.39 is 0 Å². The van der Waals surface area contributed by atoms with Crippen LogP contribution in [0.2, 0.25) is 0 Å². The Bertz CT molecular complexity index is 61.7. The maximum absolute atomic E-state index is 5.39. The van der Waals surface area contributed by atoms with Crippen LogP contribution in [-0.2, 0) is 4.74 Å². The standard InChI is InChI=1S/C9H19O/c1-4-6-7-10-8-9(3)5-2/h9H,2,4-8H2,1,3H3. The predicted molar refractivity (Wildman–Crippen MR) is 44.9 cm³/mol. The lowest BCUT2D eigenvalue weighted by atomic mass is 10.1. The van der Waals surface area contributed by atoms with Crippen LogP contribution in [0.25, 0.3) is 0 Å². The molecule has 0 rings (SSSR count). The first-order chi connectivity index (χ1) is 4.81. The lowest BCUT2D eigenvalue weighted by molar-refractivity contribution is 0.103. The Morgan fingerprint density at radius 3 is 2.70 bits per heavy atom. The van der Waals surface area contributed by atoms with Crippen LogP contribution in [0.15, 0.2) is 0 Å². The maximum atomic E-state index is 5.39. The zero-order valence-corrected chi connectivity index (χ0v) is 7.23. The predicted octanol–water partition coefficient (Wildman–Crippen LogP) is 2.66. The van der Waals surface area contributed by atoms with E-state index >= 15 is 0 Å². The third-order valence-corrected chi connectivity index (χ3v) is 1.54. The fraction of sp³-hybridized carbons (Fsp3) is 0.889. The molecule has 0 fully saturated rings. The van der Waals surface area contributed by atoms with E-state index in [0.29, 0.717) is 5.92 Å². The molecule has 61 valence electrons. The van der Waals surface area contributed by atoms with Gasteiger partial charge in [-0.05, 0) is 18.8 Å². The van der Waals surface area contributed by atoms with Crippen molar-refractivity contribution < 1.29 is 4.74 Å². The SMILES string of the molecule is [CH2]CC(C)COCCCC. The van der Waals surface area contributed by atoms with E-state index in [2.05, 4.69) is 20.8 Å². The second-order valence-corrected chi connectivity index (χ2v) is 2.82. The van der Waals surface area contributed by atoms with Crippen LogP contribution in [0.5, 0.6) is 0 Å². The lowest BCUT2D eigenvalue weighted by Crippen LogP contribution is -2.05. The highest BCUT2D eigenvalue weighted by Gasteiger charge is 1.96. The largest absolute Gasteiger partial charge is 0.381 e. The molecule has 0 aliphatic rings. The summed E-state index contributed by atoms with van der Waals surface area (Å²) in [5.41, 5.74) is 0. The summed E-state index contributed by atoms with van der Waals surface area (Å²) in [4.78, 5) is 0. The monoisotopic (exact) mass is 143 g/mol. The summed E-state index contributed by atoms with van der Waals surface area (Å²) >= 11 is 0. The van der Waals surface area contributed by atoms with E-state index in [4.69, 9.17) is 4.74 Å². The molecule has 1 heteroatoms. The van der Waals surface area contributed by atoms with Crippen molar-refractivity contribution in [2.45, 2.75) is 33.1 Å². The van der Waals surface area contributed by atoms with Gasteiger partial charge in [0, 0.05) is 13.2 Å². The van der Waals surface area contributed by atoms with Gasteiger partial charge in [-0.3, -0.25) is 0 Å². The van der Waals surface area contributed by atoms with Crippen LogP contribution in [0, 0.1) is 12.8 Å². The van der Waals surface area contributed by atoms with Gasteiger partial charge in [-0.25, -0.2) is 0 Å². The molecule has 0 heterocycles. The second-order valence-electron chi connectivity index (χ2n) is 2.82. The van der Waals surface area contributed by atoms with Crippen LogP contribution >= 0.6 is 0 Å². The third-order valence-electron chi connectivity index (χ3n) is 1.54. The molecule has 0 saturated heterocycles. The lowest BCUT2D eigenvalue weighted by Gasteiger charge is -2.07. The van der Waals surface area contributed by atoms with Crippen molar-refractivity contribution in [1.29, 1.82) is 0 Å². The summed E-state index contributed by atoms with van der Waals surface area (Å²) in [6, 6.07) is 0. The first kappa shape index (κ1) is 9.96. The molecule has 1 radical (unpaired) electrons. The Morgan fingerprint density at radius 1 is 1.50 bits per heavy atom. The van der Waals surface area contributed by atoms with Gasteiger partial charge in [0.1, 0.15) is 0 Å². The molecule has 0 spiro atoms. The van der Waals surface area contributed by atoms with Gasteiger partial charge in [-0.15, -0.1) is 0 Å². The Balaban J connectivity index is 2.89. The van der Waals surface area contributed by atoms with Gasteiger partial charge in [0.2, 0.25) is 0 Å². The molecular weight excluding hydrogens is 124 g/mol. The minimum atomic E-state index is 0.622. The number of rotatable bonds is 6. The molecule has 0 aliphatic carbocycles. The first-order valence-electron chi connectivity index (χ1n) is 4.18. The molecular formula is C9H19O. The number of ether oxygens (including phenoxy) is 1. The van der Waals surface area contributed by atoms with Gasteiger partial charge in [0.25, 0.3) is 0 Å². The Labute approximate surface area is 64.8 Å². The molecule has 0 aliphatic heterocycles. The van der Waals surface area contributed by atoms with Crippen LogP contribution in [0.4, 0.5) is 0 Å². The van der Waals surface area contributed by atoms with Crippen molar-refractivity contribution in [1.82, 2.24) is 0 Å². The van der Waals surface area contributed by atoms with Crippen molar-refractivity contribution in [2.75, 3.05) is 13.2 Å². The Kier molecular flexibility index (Phi) is 7.04. The normalized spacial score (nSPS) is 13.5. The molecule has 0 bridgehead atoms. The van der Waals surface area contributed by atoms with Crippen LogP contribution in [0.1, 0.15) is 33.1 Å². The molecule has 10 heavy (non-hydrogen) atoms. The highest BCUT2D eigenvalue weighted by Crippen LogP contribution is 2.00. The van der Waals surface area contributed by atoms with Crippen molar-refractivity contribution in [3.63, 3.8) is 0 Å². The molecule has 1 nitrogen and oxygen atoms in total. The highest BCUT2D eigenvalue weighted by molar-refractivity contribution is 4.51. The van der Waals surface area contributed by atoms with Crippen molar-refractivity contribution in [3.8, 4) is 0 Å². The quantitative estimate of drug-likeness (QED) is 0.519. The molecule has 1 unspecified atom stereocenters. The topological polar surface area (TPSA) is 9.23 Å². The minimum Gasteiger partial charge on any atom is -0.381 e. The summed E-state index contributed by atoms with van der Waals surface area (Å²) in [5, 5.41) is 0. The highest BCUT2D eigenvalue weighted by atomic mass is 16.5. The second kappa shape index (κ2) is 7.07.